The average Bonchev–Trinajstić information content (AvgIpc) is 4.13. The highest BCUT2D eigenvalue weighted by Gasteiger charge is 2.26. The van der Waals surface area contributed by atoms with Crippen LogP contribution in [0.5, 0.6) is 11.5 Å². The molecule has 2 aromatic heterocycles. The summed E-state index contributed by atoms with van der Waals surface area (Å²) in [5.74, 6) is 2.06. The van der Waals surface area contributed by atoms with Crippen molar-refractivity contribution >= 4 is 69.7 Å². The molecule has 304 valence electrons. The van der Waals surface area contributed by atoms with Crippen LogP contribution in [0.3, 0.4) is 0 Å². The predicted octanol–water partition coefficient (Wildman–Crippen LogP) is 5.26. The molecule has 0 aliphatic heterocycles. The number of hydrogen-bond acceptors (Lipinski definition) is 10. The maximum Gasteiger partial charge on any atom is 0.492 e. The first-order valence-electron chi connectivity index (χ1n) is 18.5. The third-order valence-electron chi connectivity index (χ3n) is 9.83. The van der Waals surface area contributed by atoms with Crippen molar-refractivity contribution in [2.45, 2.75) is 35.5 Å². The fourth-order valence-corrected chi connectivity index (χ4v) is 8.10. The van der Waals surface area contributed by atoms with E-state index in [4.69, 9.17) is 9.47 Å². The van der Waals surface area contributed by atoms with Crippen LogP contribution in [0.1, 0.15) is 25.7 Å². The highest BCUT2D eigenvalue weighted by molar-refractivity contribution is 9.10. The van der Waals surface area contributed by atoms with Crippen LogP contribution < -0.4 is 26.1 Å². The van der Waals surface area contributed by atoms with Crippen molar-refractivity contribution in [1.82, 2.24) is 9.13 Å². The number of fused-ring (bicyclic) bond motifs is 2. The fraction of sp³-hybridized carbons (Fsp3) is 0.286. The lowest BCUT2D eigenvalue weighted by molar-refractivity contribution is 0.300. The van der Waals surface area contributed by atoms with Gasteiger partial charge >= 0.3 is 7.12 Å². The van der Waals surface area contributed by atoms with E-state index in [1.165, 1.54) is 41.9 Å². The Morgan fingerprint density at radius 3 is 1.60 bits per heavy atom. The van der Waals surface area contributed by atoms with Crippen LogP contribution >= 0.6 is 15.9 Å². The normalized spacial score (nSPS) is 13.9. The molecule has 0 amide bonds. The maximum atomic E-state index is 12.5. The molecule has 2 saturated carbocycles. The van der Waals surface area contributed by atoms with Crippen molar-refractivity contribution in [2.75, 3.05) is 25.7 Å². The second-order valence-electron chi connectivity index (χ2n) is 14.7. The molecule has 0 bridgehead atoms. The van der Waals surface area contributed by atoms with Crippen molar-refractivity contribution in [3.05, 3.63) is 123 Å². The Morgan fingerprint density at radius 2 is 1.09 bits per heavy atom. The van der Waals surface area contributed by atoms with Crippen molar-refractivity contribution in [1.29, 1.82) is 0 Å². The van der Waals surface area contributed by atoms with Gasteiger partial charge in [0, 0.05) is 76.2 Å². The molecule has 4 aromatic carbocycles. The average molecular weight is 892 g/mol. The number of aromatic nitrogens is 2. The number of benzene rings is 4. The third-order valence-corrected chi connectivity index (χ3v) is 12.7. The van der Waals surface area contributed by atoms with E-state index in [2.05, 4.69) is 15.9 Å². The minimum absolute atomic E-state index is 0.0406. The molecule has 0 radical (unpaired) electrons. The number of halogens is 1. The van der Waals surface area contributed by atoms with Gasteiger partial charge in [0.05, 0.1) is 23.0 Å². The van der Waals surface area contributed by atoms with Crippen LogP contribution in [0.4, 0.5) is 0 Å². The topological polar surface area (TPSA) is 171 Å². The number of rotatable bonds is 10. The highest BCUT2D eigenvalue weighted by atomic mass is 79.9. The van der Waals surface area contributed by atoms with E-state index in [0.717, 1.165) is 45.3 Å². The van der Waals surface area contributed by atoms with Gasteiger partial charge in [0.15, 0.2) is 19.7 Å². The molecule has 2 fully saturated rings. The van der Waals surface area contributed by atoms with Gasteiger partial charge in [-0.25, -0.2) is 16.8 Å². The van der Waals surface area contributed by atoms with E-state index < -0.39 is 26.8 Å². The molecule has 2 aliphatic rings. The van der Waals surface area contributed by atoms with Gasteiger partial charge in [-0.2, -0.15) is 0 Å². The van der Waals surface area contributed by atoms with Crippen LogP contribution in [-0.4, -0.2) is 68.9 Å². The summed E-state index contributed by atoms with van der Waals surface area (Å²) < 4.78 is 62.5. The zero-order valence-electron chi connectivity index (χ0n) is 32.5. The van der Waals surface area contributed by atoms with E-state index >= 15 is 0 Å². The number of ether oxygens (including phenoxy) is 2. The predicted molar refractivity (Wildman–Crippen MR) is 230 cm³/mol. The standard InChI is InChI=1S/C21H21NO4S.C11H15BO5S.C10H8BrNO/c1-22-12-19(16-5-3-4-6-17(16)21(22)23)18-11-15(27(2,24)25)9-10-20(18)26-13-14-7-8-14;1-18(15,16)9-4-5-11(10(6-9)12(13)14)17-7-8-2-3-8;1-12-6-9(11)7-4-2-3-5-8(7)10(12)13/h3-6,9-12,14H,7-8,13H2,1-2H3;4-6,8,13-14H,2-3,7H2,1H3;2-6H,1H3. The van der Waals surface area contributed by atoms with Gasteiger partial charge in [0.2, 0.25) is 0 Å². The summed E-state index contributed by atoms with van der Waals surface area (Å²) in [6.45, 7) is 1.15. The van der Waals surface area contributed by atoms with Crippen LogP contribution in [0.15, 0.2) is 121 Å². The molecule has 0 saturated heterocycles. The van der Waals surface area contributed by atoms with Gasteiger partial charge in [-0.1, -0.05) is 36.4 Å². The van der Waals surface area contributed by atoms with Crippen LogP contribution in [0, 0.1) is 11.8 Å². The number of sulfone groups is 2. The molecule has 0 spiro atoms. The molecule has 2 heterocycles. The summed E-state index contributed by atoms with van der Waals surface area (Å²) in [5.41, 5.74) is 1.50. The van der Waals surface area contributed by atoms with Gasteiger partial charge in [-0.05, 0) is 107 Å². The molecular weight excluding hydrogens is 847 g/mol. The summed E-state index contributed by atoms with van der Waals surface area (Å²) in [6.07, 6.45) is 10.4. The lowest BCUT2D eigenvalue weighted by Crippen LogP contribution is -2.32. The summed E-state index contributed by atoms with van der Waals surface area (Å²) >= 11 is 3.42. The van der Waals surface area contributed by atoms with E-state index in [0.29, 0.717) is 47.5 Å². The molecule has 0 atom stereocenters. The maximum absolute atomic E-state index is 12.5. The Kier molecular flexibility index (Phi) is 13.0. The summed E-state index contributed by atoms with van der Waals surface area (Å²) in [4.78, 5) is 24.4. The molecule has 2 aliphatic carbocycles. The number of nitrogens with zero attached hydrogens (tertiary/aromatic N) is 2. The number of hydrogen-bond donors (Lipinski definition) is 2. The lowest BCUT2D eigenvalue weighted by Gasteiger charge is -2.15. The quantitative estimate of drug-likeness (QED) is 0.173. The largest absolute Gasteiger partial charge is 0.494 e. The second-order valence-corrected chi connectivity index (χ2v) is 19.6. The molecular formula is C42H44BBrN2O10S2. The van der Waals surface area contributed by atoms with Gasteiger partial charge < -0.3 is 28.7 Å². The van der Waals surface area contributed by atoms with Gasteiger partial charge in [-0.15, -0.1) is 0 Å². The third kappa shape index (κ3) is 10.5. The zero-order chi connectivity index (χ0) is 41.9. The van der Waals surface area contributed by atoms with E-state index in [-0.39, 0.29) is 26.4 Å². The fourth-order valence-electron chi connectivity index (χ4n) is 6.15. The molecule has 12 nitrogen and oxygen atoms in total. The first-order valence-corrected chi connectivity index (χ1v) is 23.1. The van der Waals surface area contributed by atoms with Crippen LogP contribution in [0.25, 0.3) is 32.7 Å². The Morgan fingerprint density at radius 1 is 0.638 bits per heavy atom. The zero-order valence-corrected chi connectivity index (χ0v) is 35.7. The molecule has 58 heavy (non-hydrogen) atoms. The molecule has 6 aromatic rings. The van der Waals surface area contributed by atoms with Gasteiger partial charge in [0.1, 0.15) is 11.5 Å². The van der Waals surface area contributed by atoms with E-state index in [9.17, 15) is 36.5 Å². The molecule has 8 rings (SSSR count). The number of aryl methyl sites for hydroxylation is 2. The smallest absolute Gasteiger partial charge is 0.492 e. The van der Waals surface area contributed by atoms with Crippen molar-refractivity contribution in [3.63, 3.8) is 0 Å². The van der Waals surface area contributed by atoms with E-state index in [1.54, 1.807) is 55.3 Å². The second kappa shape index (κ2) is 17.6. The molecule has 16 heteroatoms. The summed E-state index contributed by atoms with van der Waals surface area (Å²) in [7, 11) is -5.04. The van der Waals surface area contributed by atoms with Crippen LogP contribution in [0.2, 0.25) is 0 Å². The van der Waals surface area contributed by atoms with Gasteiger partial charge in [-0.3, -0.25) is 9.59 Å². The van der Waals surface area contributed by atoms with Crippen molar-refractivity contribution < 1.29 is 36.4 Å². The summed E-state index contributed by atoms with van der Waals surface area (Å²) in [5, 5.41) is 21.6. The van der Waals surface area contributed by atoms with Gasteiger partial charge in [0.25, 0.3) is 11.1 Å². The first-order chi connectivity index (χ1) is 27.4. The molecule has 0 unspecified atom stereocenters. The van der Waals surface area contributed by atoms with Crippen LogP contribution in [-0.2, 0) is 33.8 Å². The summed E-state index contributed by atoms with van der Waals surface area (Å²) in [6, 6.07) is 24.0. The SMILES string of the molecule is CS(=O)(=O)c1ccc(OCC2CC2)c(B(O)O)c1.Cn1cc(-c2cc(S(C)(=O)=O)ccc2OCC2CC2)c2ccccc2c1=O.Cn1cc(Br)c2ccccc2c1=O. The Labute approximate surface area is 345 Å². The Hall–Kier alpha value is -4.74. The first kappa shape index (κ1) is 42.9. The monoisotopic (exact) mass is 890 g/mol. The lowest BCUT2D eigenvalue weighted by atomic mass is 9.79. The van der Waals surface area contributed by atoms with E-state index in [1.807, 2.05) is 42.5 Å². The van der Waals surface area contributed by atoms with Crippen molar-refractivity contribution in [3.8, 4) is 22.6 Å². The number of pyridine rings is 2. The minimum Gasteiger partial charge on any atom is -0.494 e. The molecule has 2 N–H and O–H groups in total. The Bertz CT molecular complexity index is 2830. The van der Waals surface area contributed by atoms with Crippen molar-refractivity contribution in [2.24, 2.45) is 25.9 Å². The minimum atomic E-state index is -3.37. The highest BCUT2D eigenvalue weighted by Crippen LogP contribution is 2.38. The Balaban J connectivity index is 0.000000158.